The van der Waals surface area contributed by atoms with Crippen molar-refractivity contribution in [3.8, 4) is 0 Å². The average Bonchev–Trinajstić information content (AvgIpc) is 2.89. The van der Waals surface area contributed by atoms with Gasteiger partial charge in [0, 0.05) is 48.5 Å². The maximum atomic E-state index is 6.03. The second-order valence-corrected chi connectivity index (χ2v) is 6.77. The van der Waals surface area contributed by atoms with Gasteiger partial charge in [-0.3, -0.25) is 9.80 Å². The lowest BCUT2D eigenvalue weighted by molar-refractivity contribution is 0.0813. The van der Waals surface area contributed by atoms with Gasteiger partial charge in [-0.25, -0.2) is 0 Å². The normalized spacial score (nSPS) is 20.1. The Hall–Kier alpha value is -0.420. The van der Waals surface area contributed by atoms with Gasteiger partial charge in [0.1, 0.15) is 0 Å². The van der Waals surface area contributed by atoms with Crippen molar-refractivity contribution in [2.45, 2.75) is 39.3 Å². The number of hydrogen-bond donors (Lipinski definition) is 1. The molecular weight excluding hydrogens is 254 g/mol. The van der Waals surface area contributed by atoms with Gasteiger partial charge in [0.15, 0.2) is 0 Å². The van der Waals surface area contributed by atoms with E-state index in [0.29, 0.717) is 12.1 Å². The van der Waals surface area contributed by atoms with Crippen molar-refractivity contribution in [2.24, 2.45) is 5.73 Å². The summed E-state index contributed by atoms with van der Waals surface area (Å²) in [6.07, 6.45) is 1.13. The lowest BCUT2D eigenvalue weighted by atomic mass is 10.1. The predicted molar refractivity (Wildman–Crippen MR) is 83.8 cm³/mol. The second kappa shape index (κ2) is 6.84. The van der Waals surface area contributed by atoms with Crippen molar-refractivity contribution in [1.82, 2.24) is 9.80 Å². The number of nitrogens with two attached hydrogens (primary N) is 1. The van der Waals surface area contributed by atoms with E-state index in [2.05, 4.69) is 42.7 Å². The molecule has 1 aromatic rings. The third-order valence-electron chi connectivity index (χ3n) is 4.10. The van der Waals surface area contributed by atoms with Gasteiger partial charge in [-0.15, -0.1) is 11.3 Å². The molecule has 0 bridgehead atoms. The van der Waals surface area contributed by atoms with Crippen LogP contribution in [0.2, 0.25) is 0 Å². The zero-order valence-electron chi connectivity index (χ0n) is 12.4. The van der Waals surface area contributed by atoms with Gasteiger partial charge in [0.05, 0.1) is 6.04 Å². The molecular formula is C15H27N3S. The maximum absolute atomic E-state index is 6.03. The van der Waals surface area contributed by atoms with Crippen LogP contribution in [0.1, 0.15) is 36.6 Å². The lowest BCUT2D eigenvalue weighted by Gasteiger charge is -2.40. The summed E-state index contributed by atoms with van der Waals surface area (Å²) < 4.78 is 0. The van der Waals surface area contributed by atoms with Gasteiger partial charge in [-0.05, 0) is 32.4 Å². The van der Waals surface area contributed by atoms with E-state index in [0.717, 1.165) is 26.1 Å². The van der Waals surface area contributed by atoms with Crippen LogP contribution in [-0.2, 0) is 6.42 Å². The van der Waals surface area contributed by atoms with E-state index in [9.17, 15) is 0 Å². The van der Waals surface area contributed by atoms with Gasteiger partial charge in [0.25, 0.3) is 0 Å². The molecule has 1 unspecified atom stereocenters. The van der Waals surface area contributed by atoms with Crippen molar-refractivity contribution in [2.75, 3.05) is 32.7 Å². The number of aryl methyl sites for hydroxylation is 1. The van der Waals surface area contributed by atoms with Crippen LogP contribution < -0.4 is 5.73 Å². The summed E-state index contributed by atoms with van der Waals surface area (Å²) >= 11 is 1.93. The van der Waals surface area contributed by atoms with Crippen LogP contribution in [0.4, 0.5) is 0 Å². The van der Waals surface area contributed by atoms with Crippen LogP contribution in [0, 0.1) is 0 Å². The van der Waals surface area contributed by atoms with Gasteiger partial charge < -0.3 is 5.73 Å². The van der Waals surface area contributed by atoms with Crippen LogP contribution in [-0.4, -0.2) is 48.6 Å². The highest BCUT2D eigenvalue weighted by molar-refractivity contribution is 7.12. The molecule has 1 aliphatic rings. The van der Waals surface area contributed by atoms with Gasteiger partial charge in [-0.1, -0.05) is 6.92 Å². The van der Waals surface area contributed by atoms with Crippen molar-refractivity contribution in [3.63, 3.8) is 0 Å². The molecule has 1 saturated heterocycles. The van der Waals surface area contributed by atoms with E-state index in [-0.39, 0.29) is 0 Å². The Morgan fingerprint density at radius 1 is 1.16 bits per heavy atom. The molecule has 4 heteroatoms. The van der Waals surface area contributed by atoms with Crippen molar-refractivity contribution >= 4 is 11.3 Å². The molecule has 0 saturated carbocycles. The lowest BCUT2D eigenvalue weighted by Crippen LogP contribution is -2.50. The van der Waals surface area contributed by atoms with E-state index >= 15 is 0 Å². The molecule has 1 atom stereocenters. The van der Waals surface area contributed by atoms with Crippen molar-refractivity contribution < 1.29 is 0 Å². The molecule has 2 rings (SSSR count). The highest BCUT2D eigenvalue weighted by Crippen LogP contribution is 2.28. The first-order valence-electron chi connectivity index (χ1n) is 7.42. The quantitative estimate of drug-likeness (QED) is 0.899. The number of hydrogen-bond acceptors (Lipinski definition) is 4. The fourth-order valence-corrected chi connectivity index (χ4v) is 3.87. The monoisotopic (exact) mass is 281 g/mol. The third kappa shape index (κ3) is 3.57. The Morgan fingerprint density at radius 2 is 1.79 bits per heavy atom. The Labute approximate surface area is 121 Å². The van der Waals surface area contributed by atoms with E-state index in [4.69, 9.17) is 5.73 Å². The van der Waals surface area contributed by atoms with Crippen molar-refractivity contribution in [1.29, 1.82) is 0 Å². The van der Waals surface area contributed by atoms with Gasteiger partial charge in [0.2, 0.25) is 0 Å². The van der Waals surface area contributed by atoms with E-state index in [1.54, 1.807) is 0 Å². The minimum absolute atomic E-state index is 0.416. The fourth-order valence-electron chi connectivity index (χ4n) is 2.77. The Kier molecular flexibility index (Phi) is 5.39. The summed E-state index contributed by atoms with van der Waals surface area (Å²) in [4.78, 5) is 8.02. The molecule has 0 radical (unpaired) electrons. The molecule has 0 aliphatic carbocycles. The van der Waals surface area contributed by atoms with Gasteiger partial charge >= 0.3 is 0 Å². The molecule has 1 fully saturated rings. The first kappa shape index (κ1) is 15.0. The Balaban J connectivity index is 1.99. The topological polar surface area (TPSA) is 32.5 Å². The minimum Gasteiger partial charge on any atom is -0.329 e. The average molecular weight is 281 g/mol. The molecule has 2 heterocycles. The third-order valence-corrected chi connectivity index (χ3v) is 5.43. The molecule has 0 aromatic carbocycles. The van der Waals surface area contributed by atoms with E-state index in [1.165, 1.54) is 22.8 Å². The van der Waals surface area contributed by atoms with Gasteiger partial charge in [-0.2, -0.15) is 0 Å². The summed E-state index contributed by atoms with van der Waals surface area (Å²) in [7, 11) is 0. The number of piperazine rings is 1. The molecule has 3 nitrogen and oxygen atoms in total. The first-order valence-corrected chi connectivity index (χ1v) is 8.24. The van der Waals surface area contributed by atoms with Crippen LogP contribution in [0.3, 0.4) is 0 Å². The summed E-state index contributed by atoms with van der Waals surface area (Å²) in [5, 5.41) is 0. The largest absolute Gasteiger partial charge is 0.329 e. The van der Waals surface area contributed by atoms with Crippen LogP contribution in [0.25, 0.3) is 0 Å². The fraction of sp³-hybridized carbons (Fsp3) is 0.733. The van der Waals surface area contributed by atoms with E-state index in [1.807, 2.05) is 11.3 Å². The molecule has 1 aliphatic heterocycles. The second-order valence-electron chi connectivity index (χ2n) is 5.57. The minimum atomic E-state index is 0.416. The molecule has 0 amide bonds. The SMILES string of the molecule is CCc1ccc(C(CN)N2CCN(C(C)C)CC2)s1. The smallest absolute Gasteiger partial charge is 0.0565 e. The summed E-state index contributed by atoms with van der Waals surface area (Å²) in [5.74, 6) is 0. The Morgan fingerprint density at radius 3 is 2.26 bits per heavy atom. The molecule has 19 heavy (non-hydrogen) atoms. The standard InChI is InChI=1S/C15H27N3S/c1-4-13-5-6-15(19-13)14(11-16)18-9-7-17(8-10-18)12(2)3/h5-6,12,14H,4,7-11,16H2,1-3H3. The summed E-state index contributed by atoms with van der Waals surface area (Å²) in [6, 6.07) is 5.61. The van der Waals surface area contributed by atoms with Crippen LogP contribution in [0.15, 0.2) is 12.1 Å². The molecule has 0 spiro atoms. The summed E-state index contributed by atoms with van der Waals surface area (Å²) in [5.41, 5.74) is 6.03. The predicted octanol–water partition coefficient (Wildman–Crippen LogP) is 2.34. The maximum Gasteiger partial charge on any atom is 0.0565 e. The highest BCUT2D eigenvalue weighted by atomic mass is 32.1. The van der Waals surface area contributed by atoms with Crippen LogP contribution >= 0.6 is 11.3 Å². The molecule has 1 aromatic heterocycles. The number of rotatable bonds is 5. The number of thiophene rings is 1. The zero-order chi connectivity index (χ0) is 13.8. The highest BCUT2D eigenvalue weighted by Gasteiger charge is 2.25. The molecule has 108 valence electrons. The Bertz CT molecular complexity index is 380. The van der Waals surface area contributed by atoms with Crippen LogP contribution in [0.5, 0.6) is 0 Å². The van der Waals surface area contributed by atoms with Crippen molar-refractivity contribution in [3.05, 3.63) is 21.9 Å². The first-order chi connectivity index (χ1) is 9.15. The molecule has 2 N–H and O–H groups in total. The summed E-state index contributed by atoms with van der Waals surface area (Å²) in [6.45, 7) is 12.1. The van der Waals surface area contributed by atoms with E-state index < -0.39 is 0 Å². The zero-order valence-corrected chi connectivity index (χ0v) is 13.2. The number of nitrogens with zero attached hydrogens (tertiary/aromatic N) is 2.